The van der Waals surface area contributed by atoms with E-state index in [1.165, 1.54) is 12.8 Å². The topological polar surface area (TPSA) is 41.1 Å². The van der Waals surface area contributed by atoms with E-state index in [0.29, 0.717) is 4.75 Å². The van der Waals surface area contributed by atoms with Gasteiger partial charge in [0.15, 0.2) is 0 Å². The third-order valence-electron chi connectivity index (χ3n) is 4.21. The lowest BCUT2D eigenvalue weighted by Gasteiger charge is -2.26. The highest BCUT2D eigenvalue weighted by atomic mass is 32.2. The molecule has 1 amide bonds. The Morgan fingerprint density at radius 2 is 2.19 bits per heavy atom. The summed E-state index contributed by atoms with van der Waals surface area (Å²) >= 11 is 1.90. The number of hydrogen-bond donors (Lipinski definition) is 2. The zero-order valence-electron chi connectivity index (χ0n) is 10.3. The fourth-order valence-electron chi connectivity index (χ4n) is 2.42. The zero-order valence-corrected chi connectivity index (χ0v) is 11.1. The fraction of sp³-hybridized carbons (Fsp3) is 0.917. The van der Waals surface area contributed by atoms with Crippen molar-refractivity contribution in [2.45, 2.75) is 37.4 Å². The minimum absolute atomic E-state index is 0.130. The van der Waals surface area contributed by atoms with E-state index < -0.39 is 0 Å². The third kappa shape index (κ3) is 2.23. The molecule has 92 valence electrons. The minimum atomic E-state index is -0.130. The SMILES string of the molecule is CCC1(C(=O)NCC2(SC)CC2)CCNC1. The Labute approximate surface area is 102 Å². The van der Waals surface area contributed by atoms with Gasteiger partial charge in [-0.05, 0) is 38.5 Å². The van der Waals surface area contributed by atoms with Crippen LogP contribution in [0.4, 0.5) is 0 Å². The Balaban J connectivity index is 1.87. The molecule has 0 bridgehead atoms. The average molecular weight is 242 g/mol. The van der Waals surface area contributed by atoms with Gasteiger partial charge in [0, 0.05) is 17.8 Å². The van der Waals surface area contributed by atoms with Gasteiger partial charge in [-0.2, -0.15) is 11.8 Å². The zero-order chi connectivity index (χ0) is 11.6. The van der Waals surface area contributed by atoms with Crippen molar-refractivity contribution < 1.29 is 4.79 Å². The van der Waals surface area contributed by atoms with Crippen LogP contribution in [0.1, 0.15) is 32.6 Å². The highest BCUT2D eigenvalue weighted by molar-refractivity contribution is 8.00. The van der Waals surface area contributed by atoms with Crippen LogP contribution in [0.5, 0.6) is 0 Å². The average Bonchev–Trinajstić information content (AvgIpc) is 2.94. The van der Waals surface area contributed by atoms with Gasteiger partial charge in [-0.15, -0.1) is 0 Å². The molecule has 3 nitrogen and oxygen atoms in total. The van der Waals surface area contributed by atoms with Gasteiger partial charge in [0.1, 0.15) is 0 Å². The second-order valence-electron chi connectivity index (χ2n) is 5.13. The number of hydrogen-bond acceptors (Lipinski definition) is 3. The molecule has 2 rings (SSSR count). The molecule has 0 aromatic heterocycles. The van der Waals surface area contributed by atoms with Gasteiger partial charge in [0.25, 0.3) is 0 Å². The molecule has 1 saturated carbocycles. The number of thioether (sulfide) groups is 1. The van der Waals surface area contributed by atoms with E-state index >= 15 is 0 Å². The van der Waals surface area contributed by atoms with Crippen molar-refractivity contribution in [1.29, 1.82) is 0 Å². The monoisotopic (exact) mass is 242 g/mol. The van der Waals surface area contributed by atoms with Gasteiger partial charge in [-0.3, -0.25) is 4.79 Å². The maximum atomic E-state index is 12.2. The summed E-state index contributed by atoms with van der Waals surface area (Å²) in [6.07, 6.45) is 6.59. The fourth-order valence-corrected chi connectivity index (χ4v) is 3.15. The maximum absolute atomic E-state index is 12.2. The Hall–Kier alpha value is -0.220. The first-order valence-electron chi connectivity index (χ1n) is 6.21. The first kappa shape index (κ1) is 12.2. The summed E-state index contributed by atoms with van der Waals surface area (Å²) in [7, 11) is 0. The molecular weight excluding hydrogens is 220 g/mol. The van der Waals surface area contributed by atoms with Crippen LogP contribution in [0.25, 0.3) is 0 Å². The van der Waals surface area contributed by atoms with Crippen LogP contribution < -0.4 is 10.6 Å². The van der Waals surface area contributed by atoms with Crippen molar-refractivity contribution >= 4 is 17.7 Å². The van der Waals surface area contributed by atoms with Crippen molar-refractivity contribution in [3.05, 3.63) is 0 Å². The molecule has 16 heavy (non-hydrogen) atoms. The second kappa shape index (κ2) is 4.57. The Morgan fingerprint density at radius 1 is 1.44 bits per heavy atom. The summed E-state index contributed by atoms with van der Waals surface area (Å²) in [5.41, 5.74) is -0.130. The van der Waals surface area contributed by atoms with E-state index in [4.69, 9.17) is 0 Å². The maximum Gasteiger partial charge on any atom is 0.227 e. The van der Waals surface area contributed by atoms with Crippen LogP contribution in [-0.4, -0.2) is 36.5 Å². The van der Waals surface area contributed by atoms with Gasteiger partial charge in [0.2, 0.25) is 5.91 Å². The molecule has 1 heterocycles. The van der Waals surface area contributed by atoms with Gasteiger partial charge in [0.05, 0.1) is 5.41 Å². The van der Waals surface area contributed by atoms with E-state index in [-0.39, 0.29) is 11.3 Å². The van der Waals surface area contributed by atoms with Gasteiger partial charge >= 0.3 is 0 Å². The summed E-state index contributed by atoms with van der Waals surface area (Å²) in [6.45, 7) is 4.80. The molecule has 2 fully saturated rings. The molecule has 0 radical (unpaired) electrons. The lowest BCUT2D eigenvalue weighted by Crippen LogP contribution is -2.44. The smallest absolute Gasteiger partial charge is 0.227 e. The summed E-state index contributed by atoms with van der Waals surface area (Å²) in [5.74, 6) is 0.264. The molecule has 0 spiro atoms. The number of carbonyl (C=O) groups excluding carboxylic acids is 1. The molecule has 2 aliphatic rings. The number of nitrogens with one attached hydrogen (secondary N) is 2. The first-order chi connectivity index (χ1) is 7.66. The van der Waals surface area contributed by atoms with Crippen molar-refractivity contribution in [3.8, 4) is 0 Å². The van der Waals surface area contributed by atoms with Crippen molar-refractivity contribution in [3.63, 3.8) is 0 Å². The van der Waals surface area contributed by atoms with Crippen LogP contribution in [0, 0.1) is 5.41 Å². The predicted octanol–water partition coefficient (Wildman–Crippen LogP) is 1.39. The highest BCUT2D eigenvalue weighted by Gasteiger charge is 2.44. The number of rotatable bonds is 5. The Bertz CT molecular complexity index is 270. The predicted molar refractivity (Wildman–Crippen MR) is 68.7 cm³/mol. The van der Waals surface area contributed by atoms with Crippen molar-refractivity contribution in [2.75, 3.05) is 25.9 Å². The quantitative estimate of drug-likeness (QED) is 0.765. The van der Waals surface area contributed by atoms with Crippen LogP contribution in [0.15, 0.2) is 0 Å². The van der Waals surface area contributed by atoms with Gasteiger partial charge in [-0.1, -0.05) is 6.92 Å². The second-order valence-corrected chi connectivity index (χ2v) is 6.40. The molecule has 1 atom stereocenters. The summed E-state index contributed by atoms with van der Waals surface area (Å²) < 4.78 is 0.372. The minimum Gasteiger partial charge on any atom is -0.354 e. The Morgan fingerprint density at radius 3 is 2.62 bits per heavy atom. The van der Waals surface area contributed by atoms with E-state index in [9.17, 15) is 4.79 Å². The Kier molecular flexibility index (Phi) is 3.50. The molecule has 1 saturated heterocycles. The van der Waals surface area contributed by atoms with Gasteiger partial charge in [-0.25, -0.2) is 0 Å². The van der Waals surface area contributed by atoms with Crippen LogP contribution >= 0.6 is 11.8 Å². The molecule has 2 N–H and O–H groups in total. The molecule has 4 heteroatoms. The normalized spacial score (nSPS) is 31.4. The number of carbonyl (C=O) groups is 1. The van der Waals surface area contributed by atoms with Crippen LogP contribution in [-0.2, 0) is 4.79 Å². The van der Waals surface area contributed by atoms with E-state index in [0.717, 1.165) is 32.5 Å². The standard InChI is InChI=1S/C12H22N2OS/c1-3-11(6-7-13-8-11)10(15)14-9-12(16-2)4-5-12/h13H,3-9H2,1-2H3,(H,14,15). The van der Waals surface area contributed by atoms with Crippen molar-refractivity contribution in [1.82, 2.24) is 10.6 Å². The lowest BCUT2D eigenvalue weighted by molar-refractivity contribution is -0.130. The largest absolute Gasteiger partial charge is 0.354 e. The van der Waals surface area contributed by atoms with E-state index in [1.807, 2.05) is 11.8 Å². The van der Waals surface area contributed by atoms with Crippen molar-refractivity contribution in [2.24, 2.45) is 5.41 Å². The highest BCUT2D eigenvalue weighted by Crippen LogP contribution is 2.46. The summed E-state index contributed by atoms with van der Waals surface area (Å²) in [5, 5.41) is 6.48. The van der Waals surface area contributed by atoms with Gasteiger partial charge < -0.3 is 10.6 Å². The lowest BCUT2D eigenvalue weighted by atomic mass is 9.83. The first-order valence-corrected chi connectivity index (χ1v) is 7.43. The van der Waals surface area contributed by atoms with E-state index in [1.54, 1.807) is 0 Å². The number of amides is 1. The molecular formula is C12H22N2OS. The van der Waals surface area contributed by atoms with Crippen LogP contribution in [0.3, 0.4) is 0 Å². The summed E-state index contributed by atoms with van der Waals surface area (Å²) in [6, 6.07) is 0. The van der Waals surface area contributed by atoms with Crippen LogP contribution in [0.2, 0.25) is 0 Å². The third-order valence-corrected chi connectivity index (χ3v) is 5.63. The summed E-state index contributed by atoms with van der Waals surface area (Å²) in [4.78, 5) is 12.2. The molecule has 0 aromatic carbocycles. The molecule has 0 aromatic rings. The molecule has 1 unspecified atom stereocenters. The van der Waals surface area contributed by atoms with E-state index in [2.05, 4.69) is 23.8 Å². The molecule has 1 aliphatic carbocycles. The molecule has 1 aliphatic heterocycles.